The van der Waals surface area contributed by atoms with Gasteiger partial charge in [0.1, 0.15) is 0 Å². The van der Waals surface area contributed by atoms with Gasteiger partial charge in [0.25, 0.3) is 5.91 Å². The molecule has 154 valence electrons. The molecule has 2 atom stereocenters. The molecule has 3 heterocycles. The van der Waals surface area contributed by atoms with Crippen molar-refractivity contribution in [1.82, 2.24) is 14.8 Å². The molecule has 2 saturated heterocycles. The molecule has 0 spiro atoms. The van der Waals surface area contributed by atoms with Gasteiger partial charge in [-0.15, -0.1) is 0 Å². The summed E-state index contributed by atoms with van der Waals surface area (Å²) in [7, 11) is 0. The van der Waals surface area contributed by atoms with Crippen molar-refractivity contribution in [1.29, 1.82) is 0 Å². The molecule has 2 unspecified atom stereocenters. The second-order valence-corrected chi connectivity index (χ2v) is 8.44. The second kappa shape index (κ2) is 7.63. The number of hydrogen-bond donors (Lipinski definition) is 1. The number of benzene rings is 1. The fourth-order valence-corrected chi connectivity index (χ4v) is 5.03. The van der Waals surface area contributed by atoms with E-state index in [-0.39, 0.29) is 23.8 Å². The minimum absolute atomic E-state index is 0.0535. The standard InChI is InChI=1S/C22H27N3O4/c1-15-20(29-16(2)23-15)21(28)25-11-18-10-24(12-19(26)27)13-22(18,14-25)9-8-17-6-4-3-5-7-17/h3-7,18H,8-14H2,1-2H3,(H,26,27). The number of oxazole rings is 1. The number of aliphatic carboxylic acids is 1. The molecule has 2 fully saturated rings. The highest BCUT2D eigenvalue weighted by Gasteiger charge is 2.53. The smallest absolute Gasteiger partial charge is 0.317 e. The second-order valence-electron chi connectivity index (χ2n) is 8.44. The summed E-state index contributed by atoms with van der Waals surface area (Å²) in [5.74, 6) is 0.170. The van der Waals surface area contributed by atoms with Crippen LogP contribution in [0.5, 0.6) is 0 Å². The third-order valence-corrected chi connectivity index (χ3v) is 6.33. The summed E-state index contributed by atoms with van der Waals surface area (Å²) < 4.78 is 5.56. The molecule has 1 aromatic carbocycles. The lowest BCUT2D eigenvalue weighted by Gasteiger charge is -2.29. The Morgan fingerprint density at radius 3 is 2.62 bits per heavy atom. The van der Waals surface area contributed by atoms with Gasteiger partial charge >= 0.3 is 5.97 Å². The molecule has 0 bridgehead atoms. The monoisotopic (exact) mass is 397 g/mol. The Kier molecular flexibility index (Phi) is 5.17. The molecule has 1 aromatic heterocycles. The van der Waals surface area contributed by atoms with E-state index in [0.717, 1.165) is 12.8 Å². The summed E-state index contributed by atoms with van der Waals surface area (Å²) in [6.07, 6.45) is 1.84. The van der Waals surface area contributed by atoms with Crippen LogP contribution in [0.1, 0.15) is 34.1 Å². The largest absolute Gasteiger partial charge is 0.480 e. The zero-order chi connectivity index (χ0) is 20.6. The first-order valence-corrected chi connectivity index (χ1v) is 10.1. The number of carboxylic acid groups (broad SMARTS) is 1. The fourth-order valence-electron chi connectivity index (χ4n) is 5.03. The molecule has 0 saturated carbocycles. The molecule has 7 heteroatoms. The number of aromatic nitrogens is 1. The average Bonchev–Trinajstić information content (AvgIpc) is 3.29. The van der Waals surface area contributed by atoms with E-state index >= 15 is 0 Å². The third kappa shape index (κ3) is 3.92. The molecule has 29 heavy (non-hydrogen) atoms. The lowest BCUT2D eigenvalue weighted by atomic mass is 9.76. The number of fused-ring (bicyclic) bond motifs is 1. The van der Waals surface area contributed by atoms with E-state index in [2.05, 4.69) is 17.1 Å². The highest BCUT2D eigenvalue weighted by atomic mass is 16.4. The van der Waals surface area contributed by atoms with E-state index in [4.69, 9.17) is 4.42 Å². The normalized spacial score (nSPS) is 24.1. The van der Waals surface area contributed by atoms with Gasteiger partial charge in [0.2, 0.25) is 5.76 Å². The molecule has 2 aliphatic rings. The molecule has 0 aliphatic carbocycles. The van der Waals surface area contributed by atoms with Gasteiger partial charge in [0.05, 0.1) is 12.2 Å². The Morgan fingerprint density at radius 1 is 1.21 bits per heavy atom. The molecular formula is C22H27N3O4. The molecule has 1 amide bonds. The number of carbonyl (C=O) groups excluding carboxylic acids is 1. The zero-order valence-corrected chi connectivity index (χ0v) is 16.9. The molecule has 7 nitrogen and oxygen atoms in total. The molecule has 4 rings (SSSR count). The van der Waals surface area contributed by atoms with Crippen LogP contribution in [-0.2, 0) is 11.2 Å². The summed E-state index contributed by atoms with van der Waals surface area (Å²) in [6.45, 7) is 6.25. The summed E-state index contributed by atoms with van der Waals surface area (Å²) >= 11 is 0. The van der Waals surface area contributed by atoms with Gasteiger partial charge in [-0.25, -0.2) is 4.98 Å². The predicted molar refractivity (Wildman–Crippen MR) is 107 cm³/mol. The van der Waals surface area contributed by atoms with E-state index in [1.165, 1.54) is 5.56 Å². The van der Waals surface area contributed by atoms with Crippen molar-refractivity contribution in [3.8, 4) is 0 Å². The highest BCUT2D eigenvalue weighted by Crippen LogP contribution is 2.46. The minimum atomic E-state index is -0.802. The van der Waals surface area contributed by atoms with Gasteiger partial charge in [-0.2, -0.15) is 0 Å². The molecular weight excluding hydrogens is 370 g/mol. The maximum Gasteiger partial charge on any atom is 0.317 e. The average molecular weight is 397 g/mol. The maximum absolute atomic E-state index is 13.1. The quantitative estimate of drug-likeness (QED) is 0.805. The van der Waals surface area contributed by atoms with Crippen LogP contribution in [-0.4, -0.2) is 64.5 Å². The summed E-state index contributed by atoms with van der Waals surface area (Å²) in [5, 5.41) is 9.23. The first-order chi connectivity index (χ1) is 13.9. The van der Waals surface area contributed by atoms with Crippen molar-refractivity contribution in [3.05, 3.63) is 53.2 Å². The third-order valence-electron chi connectivity index (χ3n) is 6.33. The van der Waals surface area contributed by atoms with E-state index < -0.39 is 5.97 Å². The predicted octanol–water partition coefficient (Wildman–Crippen LogP) is 2.38. The van der Waals surface area contributed by atoms with E-state index in [1.54, 1.807) is 13.8 Å². The lowest BCUT2D eigenvalue weighted by molar-refractivity contribution is -0.138. The summed E-state index contributed by atoms with van der Waals surface area (Å²) in [4.78, 5) is 32.4. The van der Waals surface area contributed by atoms with Crippen LogP contribution < -0.4 is 0 Å². The van der Waals surface area contributed by atoms with Gasteiger partial charge in [0.15, 0.2) is 5.89 Å². The van der Waals surface area contributed by atoms with Crippen molar-refractivity contribution in [2.24, 2.45) is 11.3 Å². The van der Waals surface area contributed by atoms with Gasteiger partial charge < -0.3 is 14.4 Å². The van der Waals surface area contributed by atoms with Gasteiger partial charge in [0, 0.05) is 38.5 Å². The van der Waals surface area contributed by atoms with Crippen molar-refractivity contribution < 1.29 is 19.1 Å². The minimum Gasteiger partial charge on any atom is -0.480 e. The van der Waals surface area contributed by atoms with Crippen LogP contribution in [0.3, 0.4) is 0 Å². The van der Waals surface area contributed by atoms with E-state index in [9.17, 15) is 14.7 Å². The Balaban J connectivity index is 1.53. The number of amides is 1. The molecule has 1 N–H and O–H groups in total. The Morgan fingerprint density at radius 2 is 1.97 bits per heavy atom. The van der Waals surface area contributed by atoms with Crippen LogP contribution in [0.2, 0.25) is 0 Å². The number of likely N-dealkylation sites (tertiary alicyclic amines) is 2. The van der Waals surface area contributed by atoms with Crippen molar-refractivity contribution in [3.63, 3.8) is 0 Å². The van der Waals surface area contributed by atoms with E-state index in [1.807, 2.05) is 28.0 Å². The number of carboxylic acids is 1. The lowest BCUT2D eigenvalue weighted by Crippen LogP contribution is -2.38. The van der Waals surface area contributed by atoms with Gasteiger partial charge in [-0.1, -0.05) is 30.3 Å². The Labute approximate surface area is 170 Å². The number of aryl methyl sites for hydroxylation is 3. The number of rotatable bonds is 6. The fraction of sp³-hybridized carbons (Fsp3) is 0.500. The Bertz CT molecular complexity index is 910. The molecule has 0 radical (unpaired) electrons. The van der Waals surface area contributed by atoms with Crippen molar-refractivity contribution in [2.45, 2.75) is 26.7 Å². The van der Waals surface area contributed by atoms with Gasteiger partial charge in [-0.05, 0) is 31.2 Å². The SMILES string of the molecule is Cc1nc(C)c(C(=O)N2CC3CN(CC(=O)O)CC3(CCc3ccccc3)C2)o1. The van der Waals surface area contributed by atoms with Crippen LogP contribution in [0, 0.1) is 25.2 Å². The number of hydrogen-bond acceptors (Lipinski definition) is 5. The summed E-state index contributed by atoms with van der Waals surface area (Å²) in [5.41, 5.74) is 1.79. The first kappa shape index (κ1) is 19.6. The Hall–Kier alpha value is -2.67. The first-order valence-electron chi connectivity index (χ1n) is 10.1. The van der Waals surface area contributed by atoms with Crippen molar-refractivity contribution >= 4 is 11.9 Å². The molecule has 2 aliphatic heterocycles. The van der Waals surface area contributed by atoms with Crippen LogP contribution in [0.25, 0.3) is 0 Å². The van der Waals surface area contributed by atoms with Crippen LogP contribution in [0.15, 0.2) is 34.7 Å². The molecule has 2 aromatic rings. The highest BCUT2D eigenvalue weighted by molar-refractivity contribution is 5.92. The number of nitrogens with zero attached hydrogens (tertiary/aromatic N) is 3. The summed E-state index contributed by atoms with van der Waals surface area (Å²) in [6, 6.07) is 10.3. The zero-order valence-electron chi connectivity index (χ0n) is 16.9. The van der Waals surface area contributed by atoms with Crippen LogP contribution >= 0.6 is 0 Å². The van der Waals surface area contributed by atoms with Crippen molar-refractivity contribution in [2.75, 3.05) is 32.7 Å². The maximum atomic E-state index is 13.1. The van der Waals surface area contributed by atoms with Gasteiger partial charge in [-0.3, -0.25) is 14.5 Å². The number of carbonyl (C=O) groups is 2. The topological polar surface area (TPSA) is 86.9 Å². The van der Waals surface area contributed by atoms with Crippen LogP contribution in [0.4, 0.5) is 0 Å². The van der Waals surface area contributed by atoms with E-state index in [0.29, 0.717) is 43.5 Å².